The fourth-order valence-corrected chi connectivity index (χ4v) is 5.08. The molecule has 1 saturated heterocycles. The van der Waals surface area contributed by atoms with Gasteiger partial charge in [-0.1, -0.05) is 0 Å². The average Bonchev–Trinajstić information content (AvgIpc) is 3.58. The van der Waals surface area contributed by atoms with Crippen LogP contribution in [0.15, 0.2) is 52.7 Å². The molecule has 0 bridgehead atoms. The molecule has 0 spiro atoms. The van der Waals surface area contributed by atoms with Gasteiger partial charge in [-0.2, -0.15) is 18.3 Å². The number of nitrogens with zero attached hydrogens (tertiary/aromatic N) is 6. The van der Waals surface area contributed by atoms with E-state index in [-0.39, 0.29) is 23.5 Å². The molecule has 1 N–H and O–H groups in total. The first-order valence-electron chi connectivity index (χ1n) is 10.9. The van der Waals surface area contributed by atoms with Crippen LogP contribution in [0.1, 0.15) is 34.9 Å². The molecule has 5 rings (SSSR count). The first-order valence-corrected chi connectivity index (χ1v) is 12.4. The molecule has 0 atom stereocenters. The van der Waals surface area contributed by atoms with Gasteiger partial charge in [0.05, 0.1) is 22.3 Å². The molecule has 0 saturated carbocycles. The van der Waals surface area contributed by atoms with E-state index in [4.69, 9.17) is 0 Å². The normalized spacial score (nSPS) is 15.6. The summed E-state index contributed by atoms with van der Waals surface area (Å²) in [5, 5.41) is 8.52. The highest BCUT2D eigenvalue weighted by Gasteiger charge is 2.47. The van der Waals surface area contributed by atoms with Gasteiger partial charge in [0.15, 0.2) is 0 Å². The van der Waals surface area contributed by atoms with E-state index in [2.05, 4.69) is 15.2 Å². The lowest BCUT2D eigenvalue weighted by molar-refractivity contribution is -0.0436. The standard InChI is InChI=1S/C21H20F3N7O4S/c1-13-16(11-25-31(13)20-26-18(32)17-3-2-7-30(17)27-20)19(33)28-8-4-14(5-9-28)29-10-6-15(12-29)36(34,35)21(22,23)24/h2-3,6-7,10-12,14H,4-5,8-9H2,1H3,(H,26,27,32). The summed E-state index contributed by atoms with van der Waals surface area (Å²) in [6.45, 7) is 2.31. The number of fused-ring (bicyclic) bond motifs is 1. The van der Waals surface area contributed by atoms with E-state index in [1.165, 1.54) is 26.2 Å². The second kappa shape index (κ2) is 8.36. The van der Waals surface area contributed by atoms with Crippen molar-refractivity contribution in [2.45, 2.75) is 36.2 Å². The Hall–Kier alpha value is -3.88. The minimum atomic E-state index is -5.41. The molecule has 1 aliphatic heterocycles. The summed E-state index contributed by atoms with van der Waals surface area (Å²) in [5.41, 5.74) is -4.56. The molecule has 0 unspecified atom stereocenters. The van der Waals surface area contributed by atoms with Crippen LogP contribution in [0.4, 0.5) is 13.2 Å². The first-order chi connectivity index (χ1) is 17.0. The average molecular weight is 523 g/mol. The molecule has 1 fully saturated rings. The number of halogens is 3. The van der Waals surface area contributed by atoms with Crippen molar-refractivity contribution in [3.63, 3.8) is 0 Å². The third-order valence-electron chi connectivity index (χ3n) is 6.31. The largest absolute Gasteiger partial charge is 0.501 e. The van der Waals surface area contributed by atoms with Gasteiger partial charge in [-0.15, -0.1) is 5.10 Å². The zero-order valence-electron chi connectivity index (χ0n) is 18.8. The Morgan fingerprint density at radius 1 is 1.17 bits per heavy atom. The Bertz CT molecular complexity index is 1620. The summed E-state index contributed by atoms with van der Waals surface area (Å²) in [6.07, 6.45) is 6.16. The Morgan fingerprint density at radius 3 is 2.58 bits per heavy atom. The number of sulfone groups is 1. The highest BCUT2D eigenvalue weighted by Crippen LogP contribution is 2.32. The maximum atomic E-state index is 13.2. The number of hydrogen-bond acceptors (Lipinski definition) is 6. The summed E-state index contributed by atoms with van der Waals surface area (Å²) >= 11 is 0. The van der Waals surface area contributed by atoms with E-state index in [0.717, 1.165) is 12.3 Å². The second-order valence-corrected chi connectivity index (χ2v) is 10.4. The highest BCUT2D eigenvalue weighted by atomic mass is 32.2. The number of piperidine rings is 1. The second-order valence-electron chi connectivity index (χ2n) is 8.44. The van der Waals surface area contributed by atoms with E-state index < -0.39 is 20.2 Å². The number of rotatable bonds is 4. The van der Waals surface area contributed by atoms with Crippen LogP contribution in [0, 0.1) is 6.92 Å². The maximum Gasteiger partial charge on any atom is 0.501 e. The van der Waals surface area contributed by atoms with Gasteiger partial charge in [0.2, 0.25) is 5.95 Å². The zero-order valence-corrected chi connectivity index (χ0v) is 19.6. The van der Waals surface area contributed by atoms with Crippen LogP contribution >= 0.6 is 0 Å². The molecule has 0 aliphatic carbocycles. The van der Waals surface area contributed by atoms with Gasteiger partial charge in [0.1, 0.15) is 5.52 Å². The molecule has 36 heavy (non-hydrogen) atoms. The van der Waals surface area contributed by atoms with Crippen molar-refractivity contribution in [3.05, 3.63) is 64.6 Å². The van der Waals surface area contributed by atoms with Crippen LogP contribution < -0.4 is 5.56 Å². The van der Waals surface area contributed by atoms with Crippen molar-refractivity contribution >= 4 is 21.3 Å². The lowest BCUT2D eigenvalue weighted by Gasteiger charge is -2.32. The minimum Gasteiger partial charge on any atom is -0.350 e. The number of alkyl halides is 3. The Balaban J connectivity index is 1.30. The molecule has 15 heteroatoms. The molecule has 0 radical (unpaired) electrons. The molecular formula is C21H20F3N7O4S. The number of aromatic nitrogens is 6. The van der Waals surface area contributed by atoms with Crippen molar-refractivity contribution in [1.82, 2.24) is 33.8 Å². The molecule has 190 valence electrons. The fraction of sp³-hybridized carbons (Fsp3) is 0.333. The number of aromatic amines is 1. The Labute approximate surface area is 201 Å². The highest BCUT2D eigenvalue weighted by molar-refractivity contribution is 7.92. The van der Waals surface area contributed by atoms with Gasteiger partial charge in [0, 0.05) is 37.7 Å². The smallest absolute Gasteiger partial charge is 0.350 e. The van der Waals surface area contributed by atoms with E-state index >= 15 is 0 Å². The third-order valence-corrected chi connectivity index (χ3v) is 7.78. The predicted molar refractivity (Wildman–Crippen MR) is 120 cm³/mol. The maximum absolute atomic E-state index is 13.2. The number of carbonyl (C=O) groups excluding carboxylic acids is 1. The first kappa shape index (κ1) is 23.8. The van der Waals surface area contributed by atoms with Crippen LogP contribution in [0.3, 0.4) is 0 Å². The van der Waals surface area contributed by atoms with Crippen LogP contribution in [0.5, 0.6) is 0 Å². The molecule has 4 aromatic rings. The summed E-state index contributed by atoms with van der Waals surface area (Å²) in [4.78, 5) is 28.9. The van der Waals surface area contributed by atoms with E-state index in [1.54, 1.807) is 30.2 Å². The molecule has 1 amide bonds. The zero-order chi connectivity index (χ0) is 25.8. The van der Waals surface area contributed by atoms with E-state index in [1.807, 2.05) is 0 Å². The number of hydrogen-bond donors (Lipinski definition) is 1. The van der Waals surface area contributed by atoms with Gasteiger partial charge < -0.3 is 9.47 Å². The number of H-pyrrole nitrogens is 1. The molecular weight excluding hydrogens is 503 g/mol. The van der Waals surface area contributed by atoms with Crippen molar-refractivity contribution in [2.24, 2.45) is 0 Å². The lowest BCUT2D eigenvalue weighted by Crippen LogP contribution is -2.39. The summed E-state index contributed by atoms with van der Waals surface area (Å²) < 4.78 is 65.9. The van der Waals surface area contributed by atoms with Gasteiger partial charge in [0.25, 0.3) is 21.3 Å². The van der Waals surface area contributed by atoms with Gasteiger partial charge in [-0.05, 0) is 38.0 Å². The minimum absolute atomic E-state index is 0.149. The van der Waals surface area contributed by atoms with Crippen LogP contribution in [-0.2, 0) is 9.84 Å². The fourth-order valence-electron chi connectivity index (χ4n) is 4.31. The Morgan fingerprint density at radius 2 is 1.89 bits per heavy atom. The molecule has 1 aliphatic rings. The number of carbonyl (C=O) groups is 1. The Kier molecular flexibility index (Phi) is 5.54. The van der Waals surface area contributed by atoms with Gasteiger partial charge in [-0.3, -0.25) is 14.6 Å². The molecule has 11 nitrogen and oxygen atoms in total. The summed E-state index contributed by atoms with van der Waals surface area (Å²) in [5.74, 6) is -0.134. The van der Waals surface area contributed by atoms with Gasteiger partial charge >= 0.3 is 5.51 Å². The summed E-state index contributed by atoms with van der Waals surface area (Å²) in [6, 6.07) is 3.98. The van der Waals surface area contributed by atoms with Crippen LogP contribution in [0.2, 0.25) is 0 Å². The number of nitrogens with one attached hydrogen (secondary N) is 1. The van der Waals surface area contributed by atoms with E-state index in [0.29, 0.717) is 42.7 Å². The lowest BCUT2D eigenvalue weighted by atomic mass is 10.0. The monoisotopic (exact) mass is 523 g/mol. The molecule has 0 aromatic carbocycles. The molecule has 4 aromatic heterocycles. The molecule has 5 heterocycles. The third kappa shape index (κ3) is 3.88. The van der Waals surface area contributed by atoms with Crippen molar-refractivity contribution in [3.8, 4) is 5.95 Å². The van der Waals surface area contributed by atoms with E-state index in [9.17, 15) is 31.2 Å². The topological polar surface area (TPSA) is 127 Å². The van der Waals surface area contributed by atoms with Crippen molar-refractivity contribution in [1.29, 1.82) is 0 Å². The number of amides is 1. The van der Waals surface area contributed by atoms with Crippen LogP contribution in [0.25, 0.3) is 11.5 Å². The van der Waals surface area contributed by atoms with Crippen molar-refractivity contribution in [2.75, 3.05) is 13.1 Å². The van der Waals surface area contributed by atoms with Crippen LogP contribution in [-0.4, -0.2) is 66.8 Å². The van der Waals surface area contributed by atoms with Crippen molar-refractivity contribution < 1.29 is 26.4 Å². The van der Waals surface area contributed by atoms with Gasteiger partial charge in [-0.25, -0.2) is 17.6 Å². The predicted octanol–water partition coefficient (Wildman–Crippen LogP) is 2.09. The quantitative estimate of drug-likeness (QED) is 0.437. The SMILES string of the molecule is Cc1c(C(=O)N2CCC(n3ccc(S(=O)(=O)C(F)(F)F)c3)CC2)cnn1-c1nn2cccc2c(=O)[nH]1. The summed E-state index contributed by atoms with van der Waals surface area (Å²) in [7, 11) is -5.41. The number of likely N-dealkylation sites (tertiary alicyclic amines) is 1.